The van der Waals surface area contributed by atoms with E-state index in [1.807, 2.05) is 30.3 Å². The lowest BCUT2D eigenvalue weighted by atomic mass is 10.2. The van der Waals surface area contributed by atoms with Crippen molar-refractivity contribution in [1.29, 1.82) is 0 Å². The van der Waals surface area contributed by atoms with Gasteiger partial charge >= 0.3 is 0 Å². The van der Waals surface area contributed by atoms with E-state index in [4.69, 9.17) is 0 Å². The maximum absolute atomic E-state index is 11.6. The summed E-state index contributed by atoms with van der Waals surface area (Å²) in [7, 11) is -3.40. The van der Waals surface area contributed by atoms with E-state index in [1.165, 1.54) is 4.57 Å². The molecule has 0 atom stereocenters. The van der Waals surface area contributed by atoms with Gasteiger partial charge in [-0.05, 0) is 0 Å². The van der Waals surface area contributed by atoms with Crippen molar-refractivity contribution in [1.82, 2.24) is 14.8 Å². The van der Waals surface area contributed by atoms with Crippen molar-refractivity contribution in [2.45, 2.75) is 11.7 Å². The van der Waals surface area contributed by atoms with E-state index in [0.29, 0.717) is 12.4 Å². The highest BCUT2D eigenvalue weighted by molar-refractivity contribution is 7.90. The number of hydrogen-bond acceptors (Lipinski definition) is 4. The van der Waals surface area contributed by atoms with E-state index < -0.39 is 9.84 Å². The number of hydrogen-bond donors (Lipinski definition) is 0. The van der Waals surface area contributed by atoms with Crippen LogP contribution in [-0.2, 0) is 16.4 Å². The Morgan fingerprint density at radius 3 is 2.50 bits per heavy atom. The first-order chi connectivity index (χ1) is 8.54. The van der Waals surface area contributed by atoms with Crippen molar-refractivity contribution in [3.63, 3.8) is 0 Å². The number of allylic oxidation sites excluding steroid dienone is 1. The predicted octanol–water partition coefficient (Wildman–Crippen LogP) is 1.53. The minimum absolute atomic E-state index is 0.0405. The van der Waals surface area contributed by atoms with Crippen molar-refractivity contribution in [3.05, 3.63) is 43.0 Å². The molecule has 1 aromatic heterocycles. The lowest BCUT2D eigenvalue weighted by Crippen LogP contribution is -2.09. The molecule has 94 valence electrons. The molecule has 0 N–H and O–H groups in total. The van der Waals surface area contributed by atoms with Gasteiger partial charge in [-0.15, -0.1) is 16.8 Å². The molecule has 0 fully saturated rings. The number of benzene rings is 1. The fourth-order valence-electron chi connectivity index (χ4n) is 1.66. The maximum atomic E-state index is 11.6. The fourth-order valence-corrected chi connectivity index (χ4v) is 2.41. The highest BCUT2D eigenvalue weighted by Gasteiger charge is 2.20. The van der Waals surface area contributed by atoms with E-state index in [9.17, 15) is 8.42 Å². The average Bonchev–Trinajstić information content (AvgIpc) is 2.74. The molecule has 18 heavy (non-hydrogen) atoms. The molecule has 0 spiro atoms. The van der Waals surface area contributed by atoms with Gasteiger partial charge in [-0.2, -0.15) is 0 Å². The predicted molar refractivity (Wildman–Crippen MR) is 68.8 cm³/mol. The molecule has 0 aliphatic carbocycles. The van der Waals surface area contributed by atoms with Crippen molar-refractivity contribution in [2.24, 2.45) is 0 Å². The Morgan fingerprint density at radius 2 is 1.94 bits per heavy atom. The minimum Gasteiger partial charge on any atom is -0.294 e. The SMILES string of the molecule is C=CCn1c(-c2ccccc2)nnc1S(C)(=O)=O. The molecule has 0 aliphatic rings. The van der Waals surface area contributed by atoms with Crippen LogP contribution < -0.4 is 0 Å². The Labute approximate surface area is 106 Å². The third-order valence-corrected chi connectivity index (χ3v) is 3.36. The van der Waals surface area contributed by atoms with Crippen LogP contribution in [-0.4, -0.2) is 29.4 Å². The number of rotatable bonds is 4. The van der Waals surface area contributed by atoms with Crippen molar-refractivity contribution in [3.8, 4) is 11.4 Å². The Kier molecular flexibility index (Phi) is 3.29. The van der Waals surface area contributed by atoms with E-state index in [1.54, 1.807) is 6.08 Å². The number of nitrogens with zero attached hydrogens (tertiary/aromatic N) is 3. The first-order valence-electron chi connectivity index (χ1n) is 5.33. The van der Waals surface area contributed by atoms with Gasteiger partial charge in [-0.25, -0.2) is 8.42 Å². The van der Waals surface area contributed by atoms with Gasteiger partial charge in [0.2, 0.25) is 15.0 Å². The molecule has 6 heteroatoms. The third-order valence-electron chi connectivity index (χ3n) is 2.39. The molecule has 2 rings (SSSR count). The van der Waals surface area contributed by atoms with E-state index in [2.05, 4.69) is 16.8 Å². The highest BCUT2D eigenvalue weighted by atomic mass is 32.2. The Hall–Kier alpha value is -1.95. The molecule has 0 radical (unpaired) electrons. The van der Waals surface area contributed by atoms with Gasteiger partial charge in [0, 0.05) is 18.4 Å². The Balaban J connectivity index is 2.63. The van der Waals surface area contributed by atoms with Crippen LogP contribution in [0.15, 0.2) is 48.1 Å². The first kappa shape index (κ1) is 12.5. The normalized spacial score (nSPS) is 11.4. The van der Waals surface area contributed by atoms with Crippen LogP contribution in [0.25, 0.3) is 11.4 Å². The topological polar surface area (TPSA) is 64.8 Å². The summed E-state index contributed by atoms with van der Waals surface area (Å²) in [4.78, 5) is 0. The third kappa shape index (κ3) is 2.33. The van der Waals surface area contributed by atoms with E-state index >= 15 is 0 Å². The van der Waals surface area contributed by atoms with Crippen molar-refractivity contribution < 1.29 is 8.42 Å². The monoisotopic (exact) mass is 263 g/mol. The summed E-state index contributed by atoms with van der Waals surface area (Å²) in [6.07, 6.45) is 2.73. The smallest absolute Gasteiger partial charge is 0.250 e. The van der Waals surface area contributed by atoms with E-state index in [0.717, 1.165) is 11.8 Å². The molecular formula is C12H13N3O2S. The largest absolute Gasteiger partial charge is 0.294 e. The summed E-state index contributed by atoms with van der Waals surface area (Å²) < 4.78 is 24.8. The molecule has 2 aromatic rings. The van der Waals surface area contributed by atoms with Gasteiger partial charge in [0.1, 0.15) is 0 Å². The second-order valence-electron chi connectivity index (χ2n) is 3.84. The summed E-state index contributed by atoms with van der Waals surface area (Å²) in [5.41, 5.74) is 0.821. The number of sulfone groups is 1. The van der Waals surface area contributed by atoms with Crippen LogP contribution in [0.3, 0.4) is 0 Å². The zero-order chi connectivity index (χ0) is 13.2. The highest BCUT2D eigenvalue weighted by Crippen LogP contribution is 2.20. The van der Waals surface area contributed by atoms with Crippen molar-refractivity contribution >= 4 is 9.84 Å². The Morgan fingerprint density at radius 1 is 1.28 bits per heavy atom. The second kappa shape index (κ2) is 4.73. The summed E-state index contributed by atoms with van der Waals surface area (Å²) in [6.45, 7) is 3.97. The van der Waals surface area contributed by atoms with Crippen molar-refractivity contribution in [2.75, 3.05) is 6.26 Å². The molecule has 0 saturated carbocycles. The second-order valence-corrected chi connectivity index (χ2v) is 5.75. The summed E-state index contributed by atoms with van der Waals surface area (Å²) in [5.74, 6) is 0.524. The van der Waals surface area contributed by atoms with Gasteiger partial charge < -0.3 is 0 Å². The summed E-state index contributed by atoms with van der Waals surface area (Å²) in [6, 6.07) is 9.32. The zero-order valence-electron chi connectivity index (χ0n) is 9.94. The molecule has 1 heterocycles. The zero-order valence-corrected chi connectivity index (χ0v) is 10.8. The molecular weight excluding hydrogens is 250 g/mol. The average molecular weight is 263 g/mol. The molecule has 5 nitrogen and oxygen atoms in total. The minimum atomic E-state index is -3.40. The van der Waals surface area contributed by atoms with E-state index in [-0.39, 0.29) is 5.16 Å². The fraction of sp³-hybridized carbons (Fsp3) is 0.167. The standard InChI is InChI=1S/C12H13N3O2S/c1-3-9-15-11(10-7-5-4-6-8-10)13-14-12(15)18(2,16)17/h3-8H,1,9H2,2H3. The molecule has 1 aromatic carbocycles. The summed E-state index contributed by atoms with van der Waals surface area (Å²) in [5, 5.41) is 7.68. The van der Waals surface area contributed by atoms with Gasteiger partial charge in [0.15, 0.2) is 5.82 Å². The van der Waals surface area contributed by atoms with Crippen LogP contribution in [0.1, 0.15) is 0 Å². The van der Waals surface area contributed by atoms with Crippen LogP contribution in [0.5, 0.6) is 0 Å². The van der Waals surface area contributed by atoms with Gasteiger partial charge in [0.25, 0.3) is 0 Å². The van der Waals surface area contributed by atoms with Crippen LogP contribution in [0, 0.1) is 0 Å². The molecule has 0 unspecified atom stereocenters. The lowest BCUT2D eigenvalue weighted by Gasteiger charge is -2.06. The molecule has 0 bridgehead atoms. The first-order valence-corrected chi connectivity index (χ1v) is 7.22. The molecule has 0 aliphatic heterocycles. The van der Waals surface area contributed by atoms with Gasteiger partial charge in [0.05, 0.1) is 0 Å². The quantitative estimate of drug-likeness (QED) is 0.785. The van der Waals surface area contributed by atoms with Crippen LogP contribution >= 0.6 is 0 Å². The van der Waals surface area contributed by atoms with Gasteiger partial charge in [-0.1, -0.05) is 36.4 Å². The summed E-state index contributed by atoms with van der Waals surface area (Å²) >= 11 is 0. The molecule has 0 amide bonds. The van der Waals surface area contributed by atoms with Gasteiger partial charge in [-0.3, -0.25) is 4.57 Å². The number of aromatic nitrogens is 3. The maximum Gasteiger partial charge on any atom is 0.250 e. The van der Waals surface area contributed by atoms with Crippen LogP contribution in [0.2, 0.25) is 0 Å². The lowest BCUT2D eigenvalue weighted by molar-refractivity contribution is 0.580. The van der Waals surface area contributed by atoms with Crippen LogP contribution in [0.4, 0.5) is 0 Å². The molecule has 0 saturated heterocycles. The Bertz CT molecular complexity index is 660.